The van der Waals surface area contributed by atoms with E-state index in [2.05, 4.69) is 25.1 Å². The summed E-state index contributed by atoms with van der Waals surface area (Å²) in [5.74, 6) is 0.190. The first-order chi connectivity index (χ1) is 19.5. The van der Waals surface area contributed by atoms with Crippen molar-refractivity contribution in [3.63, 3.8) is 0 Å². The molecule has 41 heavy (non-hydrogen) atoms. The normalized spacial score (nSPS) is 18.1. The number of fused-ring (bicyclic) bond motifs is 1. The van der Waals surface area contributed by atoms with E-state index in [1.807, 2.05) is 0 Å². The van der Waals surface area contributed by atoms with Crippen LogP contribution in [0.25, 0.3) is 22.6 Å². The Kier molecular flexibility index (Phi) is 5.81. The van der Waals surface area contributed by atoms with Gasteiger partial charge in [-0.25, -0.2) is 14.6 Å². The molecule has 0 unspecified atom stereocenters. The van der Waals surface area contributed by atoms with Crippen LogP contribution in [0.3, 0.4) is 0 Å². The van der Waals surface area contributed by atoms with Crippen LogP contribution in [0.4, 0.5) is 19.0 Å². The van der Waals surface area contributed by atoms with Crippen LogP contribution < -0.4 is 4.90 Å². The monoisotopic (exact) mass is 582 g/mol. The standard InChI is InChI=1S/C28H26ClF3N8O/c1-37-24(19(11-34-37)25-33-15-35-38(25)2)17-9-22(29)36-23(10-17)40-13-20-18(26(40)41)7-16(8-21(20)28(30,31)32)12-39-6-5-27(14-39)3-4-27/h7-11,15H,3-6,12-14H2,1-2H3. The first-order valence-electron chi connectivity index (χ1n) is 13.3. The molecule has 2 aliphatic heterocycles. The SMILES string of the molecule is Cn1ncnc1-c1cnn(C)c1-c1cc(Cl)nc(N2Cc3c(cc(CN4CCC5(CC5)C4)cc3C(F)(F)F)C2=O)c1. The van der Waals surface area contributed by atoms with Gasteiger partial charge in [0.2, 0.25) is 0 Å². The molecule has 5 heterocycles. The topological polar surface area (TPSA) is 85.0 Å². The van der Waals surface area contributed by atoms with Crippen molar-refractivity contribution in [3.05, 3.63) is 64.2 Å². The fourth-order valence-corrected chi connectivity index (χ4v) is 6.45. The second-order valence-electron chi connectivity index (χ2n) is 11.3. The van der Waals surface area contributed by atoms with E-state index in [9.17, 15) is 18.0 Å². The molecule has 1 saturated heterocycles. The molecular formula is C28H26ClF3N8O. The fourth-order valence-electron chi connectivity index (χ4n) is 6.24. The summed E-state index contributed by atoms with van der Waals surface area (Å²) >= 11 is 6.42. The molecule has 7 rings (SSSR count). The predicted octanol–water partition coefficient (Wildman–Crippen LogP) is 5.10. The summed E-state index contributed by atoms with van der Waals surface area (Å²) in [6.07, 6.45) is 1.91. The lowest BCUT2D eigenvalue weighted by Gasteiger charge is -2.18. The van der Waals surface area contributed by atoms with Crippen LogP contribution in [0.15, 0.2) is 36.8 Å². The maximum absolute atomic E-state index is 14.3. The Morgan fingerprint density at radius 2 is 1.83 bits per heavy atom. The number of halogens is 4. The molecule has 0 atom stereocenters. The highest BCUT2D eigenvalue weighted by Crippen LogP contribution is 2.53. The fraction of sp³-hybridized carbons (Fsp3) is 0.393. The molecule has 1 amide bonds. The zero-order chi connectivity index (χ0) is 28.7. The zero-order valence-corrected chi connectivity index (χ0v) is 23.2. The maximum atomic E-state index is 14.3. The van der Waals surface area contributed by atoms with E-state index in [1.54, 1.807) is 47.9 Å². The number of anilines is 1. The van der Waals surface area contributed by atoms with Gasteiger partial charge in [0.1, 0.15) is 17.3 Å². The minimum atomic E-state index is -4.61. The number of hydrogen-bond acceptors (Lipinski definition) is 6. The number of pyridine rings is 1. The lowest BCUT2D eigenvalue weighted by atomic mass is 9.98. The van der Waals surface area contributed by atoms with Crippen molar-refractivity contribution in [3.8, 4) is 22.6 Å². The number of alkyl halides is 3. The third-order valence-electron chi connectivity index (χ3n) is 8.51. The first kappa shape index (κ1) is 26.1. The minimum absolute atomic E-state index is 0.0463. The molecule has 0 N–H and O–H groups in total. The Hall–Kier alpha value is -3.77. The van der Waals surface area contributed by atoms with Crippen molar-refractivity contribution < 1.29 is 18.0 Å². The molecule has 3 aliphatic rings. The van der Waals surface area contributed by atoms with Crippen molar-refractivity contribution in [1.82, 2.24) is 34.4 Å². The van der Waals surface area contributed by atoms with Crippen LogP contribution >= 0.6 is 11.6 Å². The van der Waals surface area contributed by atoms with Gasteiger partial charge < -0.3 is 0 Å². The van der Waals surface area contributed by atoms with Gasteiger partial charge >= 0.3 is 6.18 Å². The van der Waals surface area contributed by atoms with E-state index < -0.39 is 17.6 Å². The average molecular weight is 583 g/mol. The number of hydrogen-bond donors (Lipinski definition) is 0. The number of benzene rings is 1. The minimum Gasteiger partial charge on any atom is -0.299 e. The summed E-state index contributed by atoms with van der Waals surface area (Å²) in [6.45, 7) is 1.88. The Morgan fingerprint density at radius 3 is 2.51 bits per heavy atom. The van der Waals surface area contributed by atoms with Crippen LogP contribution in [0.1, 0.15) is 46.3 Å². The van der Waals surface area contributed by atoms with E-state index in [4.69, 9.17) is 11.6 Å². The summed E-state index contributed by atoms with van der Waals surface area (Å²) in [4.78, 5) is 25.8. The van der Waals surface area contributed by atoms with E-state index in [0.29, 0.717) is 40.2 Å². The van der Waals surface area contributed by atoms with Crippen molar-refractivity contribution in [1.29, 1.82) is 0 Å². The third kappa shape index (κ3) is 4.49. The highest BCUT2D eigenvalue weighted by Gasteiger charge is 2.47. The van der Waals surface area contributed by atoms with Crippen molar-refractivity contribution in [2.75, 3.05) is 18.0 Å². The van der Waals surface area contributed by atoms with Crippen LogP contribution in [0, 0.1) is 5.41 Å². The Labute approximate surface area is 238 Å². The highest BCUT2D eigenvalue weighted by molar-refractivity contribution is 6.30. The van der Waals surface area contributed by atoms with Gasteiger partial charge in [-0.05, 0) is 66.6 Å². The number of carbonyl (C=O) groups excluding carboxylic acids is 1. The largest absolute Gasteiger partial charge is 0.416 e. The number of carbonyl (C=O) groups is 1. The van der Waals surface area contributed by atoms with Crippen molar-refractivity contribution >= 4 is 23.3 Å². The number of amides is 1. The number of aromatic nitrogens is 6. The Morgan fingerprint density at radius 1 is 1.02 bits per heavy atom. The molecule has 1 saturated carbocycles. The summed E-state index contributed by atoms with van der Waals surface area (Å²) in [6, 6.07) is 6.08. The van der Waals surface area contributed by atoms with Crippen molar-refractivity contribution in [2.24, 2.45) is 19.5 Å². The quantitative estimate of drug-likeness (QED) is 0.305. The first-order valence-corrected chi connectivity index (χ1v) is 13.7. The third-order valence-corrected chi connectivity index (χ3v) is 8.70. The molecule has 0 radical (unpaired) electrons. The van der Waals surface area contributed by atoms with Crippen molar-refractivity contribution in [2.45, 2.75) is 38.5 Å². The number of aryl methyl sites for hydroxylation is 2. The van der Waals surface area contributed by atoms with Gasteiger partial charge in [0.25, 0.3) is 5.91 Å². The molecule has 3 aromatic heterocycles. The van der Waals surface area contributed by atoms with Crippen LogP contribution in [0.2, 0.25) is 5.15 Å². The Bertz CT molecular complexity index is 1710. The van der Waals surface area contributed by atoms with E-state index >= 15 is 0 Å². The molecular weight excluding hydrogens is 557 g/mol. The highest BCUT2D eigenvalue weighted by atomic mass is 35.5. The number of likely N-dealkylation sites (tertiary alicyclic amines) is 1. The Balaban J connectivity index is 1.25. The van der Waals surface area contributed by atoms with E-state index in [1.165, 1.54) is 30.1 Å². The number of nitrogens with zero attached hydrogens (tertiary/aromatic N) is 8. The van der Waals surface area contributed by atoms with Crippen LogP contribution in [-0.4, -0.2) is 53.4 Å². The van der Waals surface area contributed by atoms with E-state index in [0.717, 1.165) is 19.5 Å². The summed E-state index contributed by atoms with van der Waals surface area (Å²) in [5, 5.41) is 8.58. The smallest absolute Gasteiger partial charge is 0.299 e. The molecule has 1 aliphatic carbocycles. The summed E-state index contributed by atoms with van der Waals surface area (Å²) < 4.78 is 46.1. The zero-order valence-electron chi connectivity index (χ0n) is 22.4. The van der Waals surface area contributed by atoms with Gasteiger partial charge in [0.15, 0.2) is 5.82 Å². The molecule has 13 heteroatoms. The molecule has 0 bridgehead atoms. The van der Waals surface area contributed by atoms with Gasteiger partial charge in [-0.3, -0.25) is 19.3 Å². The molecule has 212 valence electrons. The van der Waals surface area contributed by atoms with Gasteiger partial charge in [0.05, 0.1) is 29.6 Å². The lowest BCUT2D eigenvalue weighted by molar-refractivity contribution is -0.138. The van der Waals surface area contributed by atoms with E-state index in [-0.39, 0.29) is 28.6 Å². The molecule has 9 nitrogen and oxygen atoms in total. The molecule has 2 fully saturated rings. The molecule has 1 aromatic carbocycles. The second-order valence-corrected chi connectivity index (χ2v) is 11.7. The average Bonchev–Trinajstić information content (AvgIpc) is 3.22. The second kappa shape index (κ2) is 9.12. The molecule has 1 spiro atoms. The van der Waals surface area contributed by atoms with Gasteiger partial charge in [0, 0.05) is 38.3 Å². The van der Waals surface area contributed by atoms with Gasteiger partial charge in [-0.1, -0.05) is 11.6 Å². The maximum Gasteiger partial charge on any atom is 0.416 e. The molecule has 4 aromatic rings. The van der Waals surface area contributed by atoms with Gasteiger partial charge in [-0.15, -0.1) is 0 Å². The van der Waals surface area contributed by atoms with Gasteiger partial charge in [-0.2, -0.15) is 23.4 Å². The lowest BCUT2D eigenvalue weighted by Crippen LogP contribution is -2.24. The number of rotatable bonds is 5. The summed E-state index contributed by atoms with van der Waals surface area (Å²) in [5.41, 5.74) is 1.98. The summed E-state index contributed by atoms with van der Waals surface area (Å²) in [7, 11) is 3.51. The van der Waals surface area contributed by atoms with Crippen LogP contribution in [0.5, 0.6) is 0 Å². The predicted molar refractivity (Wildman–Crippen MR) is 145 cm³/mol. The van der Waals surface area contributed by atoms with Crippen LogP contribution in [-0.2, 0) is 33.4 Å².